The highest BCUT2D eigenvalue weighted by atomic mass is 35.5. The van der Waals surface area contributed by atoms with Gasteiger partial charge in [0, 0.05) is 6.20 Å². The van der Waals surface area contributed by atoms with Crippen molar-refractivity contribution in [1.82, 2.24) is 4.98 Å². The fourth-order valence-corrected chi connectivity index (χ4v) is 0.471. The number of nitrogens with zero attached hydrogens (tertiary/aromatic N) is 1. The van der Waals surface area contributed by atoms with Crippen molar-refractivity contribution in [3.63, 3.8) is 0 Å². The summed E-state index contributed by atoms with van der Waals surface area (Å²) in [5.41, 5.74) is 4.50. The minimum atomic E-state index is 0.544. The molecular weight excluding hydrogens is 136 g/mol. The first-order valence-electron chi connectivity index (χ1n) is 2.54. The molecular formula is C6H9ClN2. The molecule has 9 heavy (non-hydrogen) atoms. The summed E-state index contributed by atoms with van der Waals surface area (Å²) in [5.74, 6) is 0. The van der Waals surface area contributed by atoms with Gasteiger partial charge in [0.2, 0.25) is 0 Å². The summed E-state index contributed by atoms with van der Waals surface area (Å²) >= 11 is 5.43. The molecule has 0 atom stereocenters. The molecule has 0 saturated carbocycles. The zero-order valence-corrected chi connectivity index (χ0v) is 5.97. The van der Waals surface area contributed by atoms with Gasteiger partial charge in [-0.25, -0.2) is 4.98 Å². The number of aromatic nitrogens is 1. The van der Waals surface area contributed by atoms with Crippen molar-refractivity contribution in [2.24, 2.45) is 5.73 Å². The smallest absolute Gasteiger partial charge is 0.129 e. The molecule has 0 fully saturated rings. The number of pyridine rings is 1. The van der Waals surface area contributed by atoms with E-state index in [1.807, 2.05) is 12.1 Å². The van der Waals surface area contributed by atoms with Crippen LogP contribution in [0.5, 0.6) is 0 Å². The molecule has 2 N–H and O–H groups in total. The van der Waals surface area contributed by atoms with Crippen LogP contribution in [0.3, 0.4) is 0 Å². The number of nitrogens with two attached hydrogens (primary N) is 1. The summed E-state index contributed by atoms with van der Waals surface area (Å²) in [5, 5.41) is 0.544. The third-order valence-corrected chi connectivity index (χ3v) is 0.852. The summed E-state index contributed by atoms with van der Waals surface area (Å²) < 4.78 is 0. The van der Waals surface area contributed by atoms with Crippen molar-refractivity contribution in [2.45, 2.75) is 0 Å². The Kier molecular flexibility index (Phi) is 5.17. The lowest BCUT2D eigenvalue weighted by Crippen LogP contribution is -1.69. The Labute approximate surface area is 59.7 Å². The van der Waals surface area contributed by atoms with Gasteiger partial charge in [0.1, 0.15) is 5.15 Å². The van der Waals surface area contributed by atoms with Crippen molar-refractivity contribution >= 4 is 11.6 Å². The van der Waals surface area contributed by atoms with E-state index in [0.29, 0.717) is 5.15 Å². The molecule has 50 valence electrons. The molecule has 0 radical (unpaired) electrons. The second-order valence-corrected chi connectivity index (χ2v) is 1.54. The van der Waals surface area contributed by atoms with Gasteiger partial charge in [0.05, 0.1) is 0 Å². The van der Waals surface area contributed by atoms with Gasteiger partial charge < -0.3 is 5.73 Å². The maximum atomic E-state index is 5.43. The molecule has 0 saturated heterocycles. The molecule has 0 bridgehead atoms. The van der Waals surface area contributed by atoms with E-state index in [-0.39, 0.29) is 0 Å². The van der Waals surface area contributed by atoms with Crippen LogP contribution in [-0.4, -0.2) is 12.0 Å². The molecule has 0 aliphatic rings. The topological polar surface area (TPSA) is 38.9 Å². The molecule has 0 aliphatic heterocycles. The van der Waals surface area contributed by atoms with Gasteiger partial charge >= 0.3 is 0 Å². The van der Waals surface area contributed by atoms with Crippen LogP contribution in [-0.2, 0) is 0 Å². The van der Waals surface area contributed by atoms with Gasteiger partial charge in [-0.05, 0) is 19.2 Å². The summed E-state index contributed by atoms with van der Waals surface area (Å²) in [7, 11) is 1.50. The van der Waals surface area contributed by atoms with Gasteiger partial charge in [0.15, 0.2) is 0 Å². The third-order valence-electron chi connectivity index (χ3n) is 0.629. The average molecular weight is 145 g/mol. The van der Waals surface area contributed by atoms with E-state index in [1.165, 1.54) is 7.05 Å². The van der Waals surface area contributed by atoms with E-state index in [0.717, 1.165) is 0 Å². The first kappa shape index (κ1) is 8.40. The Morgan fingerprint density at radius 2 is 2.11 bits per heavy atom. The van der Waals surface area contributed by atoms with Crippen molar-refractivity contribution in [3.05, 3.63) is 29.5 Å². The van der Waals surface area contributed by atoms with Crippen LogP contribution in [0.15, 0.2) is 24.4 Å². The van der Waals surface area contributed by atoms with Crippen LogP contribution < -0.4 is 5.73 Å². The SMILES string of the molecule is CN.Clc1ccccn1. The molecule has 2 nitrogen and oxygen atoms in total. The minimum absolute atomic E-state index is 0.544. The lowest BCUT2D eigenvalue weighted by Gasteiger charge is -1.79. The number of hydrogen-bond acceptors (Lipinski definition) is 2. The molecule has 1 aromatic heterocycles. The largest absolute Gasteiger partial charge is 0.333 e. The zero-order chi connectivity index (χ0) is 7.11. The predicted molar refractivity (Wildman–Crippen MR) is 39.4 cm³/mol. The normalized spacial score (nSPS) is 7.44. The van der Waals surface area contributed by atoms with Gasteiger partial charge in [-0.3, -0.25) is 0 Å². The van der Waals surface area contributed by atoms with Crippen LogP contribution >= 0.6 is 11.6 Å². The van der Waals surface area contributed by atoms with Crippen LogP contribution in [0, 0.1) is 0 Å². The number of hydrogen-bond donors (Lipinski definition) is 1. The Morgan fingerprint density at radius 1 is 1.44 bits per heavy atom. The highest BCUT2D eigenvalue weighted by molar-refractivity contribution is 6.29. The molecule has 0 aliphatic carbocycles. The molecule has 1 heterocycles. The second-order valence-electron chi connectivity index (χ2n) is 1.15. The van der Waals surface area contributed by atoms with Crippen LogP contribution in [0.25, 0.3) is 0 Å². The van der Waals surface area contributed by atoms with Crippen LogP contribution in [0.1, 0.15) is 0 Å². The first-order valence-corrected chi connectivity index (χ1v) is 2.91. The van der Waals surface area contributed by atoms with Crippen molar-refractivity contribution in [1.29, 1.82) is 0 Å². The zero-order valence-electron chi connectivity index (χ0n) is 5.21. The maximum Gasteiger partial charge on any atom is 0.129 e. The molecule has 1 rings (SSSR count). The lowest BCUT2D eigenvalue weighted by molar-refractivity contribution is 1.33. The Bertz CT molecular complexity index is 141. The van der Waals surface area contributed by atoms with Crippen molar-refractivity contribution < 1.29 is 0 Å². The van der Waals surface area contributed by atoms with Gasteiger partial charge in [0.25, 0.3) is 0 Å². The number of halogens is 1. The van der Waals surface area contributed by atoms with Crippen LogP contribution in [0.4, 0.5) is 0 Å². The lowest BCUT2D eigenvalue weighted by atomic mass is 10.5. The minimum Gasteiger partial charge on any atom is -0.333 e. The predicted octanol–water partition coefficient (Wildman–Crippen LogP) is 1.31. The van der Waals surface area contributed by atoms with E-state index in [4.69, 9.17) is 11.6 Å². The van der Waals surface area contributed by atoms with E-state index in [9.17, 15) is 0 Å². The van der Waals surface area contributed by atoms with Crippen LogP contribution in [0.2, 0.25) is 5.15 Å². The van der Waals surface area contributed by atoms with Crippen molar-refractivity contribution in [3.8, 4) is 0 Å². The van der Waals surface area contributed by atoms with E-state index < -0.39 is 0 Å². The van der Waals surface area contributed by atoms with E-state index in [1.54, 1.807) is 12.3 Å². The molecule has 3 heteroatoms. The van der Waals surface area contributed by atoms with Gasteiger partial charge in [-0.2, -0.15) is 0 Å². The summed E-state index contributed by atoms with van der Waals surface area (Å²) in [6, 6.07) is 5.41. The standard InChI is InChI=1S/C5H4ClN.CH5N/c6-5-3-1-2-4-7-5;1-2/h1-4H;2H2,1H3. The number of rotatable bonds is 0. The molecule has 0 spiro atoms. The average Bonchev–Trinajstić information content (AvgIpc) is 1.94. The Hall–Kier alpha value is -0.600. The first-order chi connectivity index (χ1) is 4.39. The fraction of sp³-hybridized carbons (Fsp3) is 0.167. The quantitative estimate of drug-likeness (QED) is 0.558. The summed E-state index contributed by atoms with van der Waals surface area (Å²) in [4.78, 5) is 3.74. The van der Waals surface area contributed by atoms with Gasteiger partial charge in [-0.15, -0.1) is 0 Å². The summed E-state index contributed by atoms with van der Waals surface area (Å²) in [6.45, 7) is 0. The van der Waals surface area contributed by atoms with Crippen molar-refractivity contribution in [2.75, 3.05) is 7.05 Å². The van der Waals surface area contributed by atoms with E-state index >= 15 is 0 Å². The molecule has 1 aromatic rings. The van der Waals surface area contributed by atoms with E-state index in [2.05, 4.69) is 10.7 Å². The van der Waals surface area contributed by atoms with Gasteiger partial charge in [-0.1, -0.05) is 17.7 Å². The summed E-state index contributed by atoms with van der Waals surface area (Å²) in [6.07, 6.45) is 1.66. The Morgan fingerprint density at radius 3 is 2.33 bits per heavy atom. The maximum absolute atomic E-state index is 5.43. The monoisotopic (exact) mass is 144 g/mol. The fourth-order valence-electron chi connectivity index (χ4n) is 0.342. The third kappa shape index (κ3) is 3.94. The molecule has 0 unspecified atom stereocenters. The second kappa shape index (κ2) is 5.54. The molecule has 0 amide bonds. The Balaban J connectivity index is 0.000000291. The molecule has 0 aromatic carbocycles. The highest BCUT2D eigenvalue weighted by Crippen LogP contribution is 1.98. The highest BCUT2D eigenvalue weighted by Gasteiger charge is 1.76.